The van der Waals surface area contributed by atoms with Crippen LogP contribution in [0.3, 0.4) is 0 Å². The normalized spacial score (nSPS) is 10.5. The van der Waals surface area contributed by atoms with E-state index in [1.807, 2.05) is 0 Å². The molecule has 8 heteroatoms. The van der Waals surface area contributed by atoms with Crippen molar-refractivity contribution in [1.29, 1.82) is 0 Å². The Labute approximate surface area is 105 Å². The van der Waals surface area contributed by atoms with Gasteiger partial charge in [-0.15, -0.1) is 5.10 Å². The van der Waals surface area contributed by atoms with Gasteiger partial charge in [-0.05, 0) is 17.3 Å². The van der Waals surface area contributed by atoms with Crippen LogP contribution in [-0.4, -0.2) is 31.5 Å². The van der Waals surface area contributed by atoms with Crippen molar-refractivity contribution in [3.63, 3.8) is 0 Å². The van der Waals surface area contributed by atoms with Crippen molar-refractivity contribution < 1.29 is 4.79 Å². The number of amides is 1. The second kappa shape index (κ2) is 4.33. The number of rotatable bonds is 2. The quantitative estimate of drug-likeness (QED) is 0.609. The van der Waals surface area contributed by atoms with Gasteiger partial charge in [0.25, 0.3) is 11.9 Å². The van der Waals surface area contributed by atoms with Crippen molar-refractivity contribution in [2.24, 2.45) is 0 Å². The van der Waals surface area contributed by atoms with Gasteiger partial charge in [0.2, 0.25) is 0 Å². The fourth-order valence-corrected chi connectivity index (χ4v) is 1.70. The molecule has 0 radical (unpaired) electrons. The molecule has 0 spiro atoms. The van der Waals surface area contributed by atoms with Gasteiger partial charge in [-0.2, -0.15) is 5.21 Å². The summed E-state index contributed by atoms with van der Waals surface area (Å²) in [6.45, 7) is 0. The van der Waals surface area contributed by atoms with Crippen molar-refractivity contribution in [3.05, 3.63) is 46.2 Å². The summed E-state index contributed by atoms with van der Waals surface area (Å²) in [5, 5.41) is 15.6. The van der Waals surface area contributed by atoms with Crippen LogP contribution in [0.1, 0.15) is 10.5 Å². The van der Waals surface area contributed by atoms with Gasteiger partial charge in [0.15, 0.2) is 5.43 Å². The van der Waals surface area contributed by atoms with Gasteiger partial charge >= 0.3 is 0 Å². The molecule has 2 heterocycles. The Kier molecular flexibility index (Phi) is 2.53. The Morgan fingerprint density at radius 3 is 2.89 bits per heavy atom. The highest BCUT2D eigenvalue weighted by atomic mass is 16.2. The van der Waals surface area contributed by atoms with Crippen LogP contribution in [0.2, 0.25) is 0 Å². The van der Waals surface area contributed by atoms with Gasteiger partial charge in [0, 0.05) is 17.0 Å². The zero-order valence-electron chi connectivity index (χ0n) is 9.54. The van der Waals surface area contributed by atoms with Crippen molar-refractivity contribution in [2.45, 2.75) is 0 Å². The number of fused-ring (bicyclic) bond motifs is 1. The SMILES string of the molecule is O=C(Nc1nn[nH]n1)c1cc(=O)c2ccccc2[nH]1. The van der Waals surface area contributed by atoms with E-state index in [2.05, 4.69) is 30.9 Å². The van der Waals surface area contributed by atoms with E-state index < -0.39 is 5.91 Å². The number of hydrogen-bond donors (Lipinski definition) is 3. The van der Waals surface area contributed by atoms with Crippen molar-refractivity contribution >= 4 is 22.8 Å². The molecule has 0 aliphatic heterocycles. The lowest BCUT2D eigenvalue weighted by Crippen LogP contribution is -2.17. The third kappa shape index (κ3) is 2.06. The zero-order chi connectivity index (χ0) is 13.2. The molecule has 0 aliphatic rings. The second-order valence-corrected chi connectivity index (χ2v) is 3.78. The Hall–Kier alpha value is -3.03. The molecule has 0 bridgehead atoms. The van der Waals surface area contributed by atoms with Crippen LogP contribution in [0.15, 0.2) is 35.1 Å². The number of anilines is 1. The van der Waals surface area contributed by atoms with Crippen LogP contribution in [0.4, 0.5) is 5.95 Å². The number of tetrazole rings is 1. The molecule has 19 heavy (non-hydrogen) atoms. The molecular formula is C11H8N6O2. The Balaban J connectivity index is 2.01. The summed E-state index contributed by atoms with van der Waals surface area (Å²) in [5.74, 6) is -0.469. The van der Waals surface area contributed by atoms with Crippen LogP contribution in [0.5, 0.6) is 0 Å². The first kappa shape index (κ1) is 11.1. The lowest BCUT2D eigenvalue weighted by atomic mass is 10.2. The molecule has 1 amide bonds. The van der Waals surface area contributed by atoms with E-state index in [0.717, 1.165) is 0 Å². The van der Waals surface area contributed by atoms with E-state index in [9.17, 15) is 9.59 Å². The summed E-state index contributed by atoms with van der Waals surface area (Å²) >= 11 is 0. The van der Waals surface area contributed by atoms with E-state index in [4.69, 9.17) is 0 Å². The van der Waals surface area contributed by atoms with E-state index in [1.54, 1.807) is 24.3 Å². The number of H-pyrrole nitrogens is 2. The number of hydrogen-bond acceptors (Lipinski definition) is 5. The number of carbonyl (C=O) groups excluding carboxylic acids is 1. The predicted molar refractivity (Wildman–Crippen MR) is 66.7 cm³/mol. The molecule has 0 unspecified atom stereocenters. The highest BCUT2D eigenvalue weighted by molar-refractivity contribution is 6.03. The maximum absolute atomic E-state index is 11.9. The average molecular weight is 256 g/mol. The highest BCUT2D eigenvalue weighted by Gasteiger charge is 2.11. The summed E-state index contributed by atoms with van der Waals surface area (Å²) in [6, 6.07) is 8.18. The van der Waals surface area contributed by atoms with Gasteiger partial charge in [-0.1, -0.05) is 17.2 Å². The smallest absolute Gasteiger partial charge is 0.274 e. The average Bonchev–Trinajstić information content (AvgIpc) is 2.91. The number of pyridine rings is 1. The largest absolute Gasteiger partial charge is 0.350 e. The molecule has 3 aromatic rings. The van der Waals surface area contributed by atoms with Crippen LogP contribution in [0.25, 0.3) is 10.9 Å². The molecule has 3 N–H and O–H groups in total. The first-order valence-electron chi connectivity index (χ1n) is 5.41. The lowest BCUT2D eigenvalue weighted by molar-refractivity contribution is 0.102. The topological polar surface area (TPSA) is 116 Å². The molecule has 8 nitrogen and oxygen atoms in total. The monoisotopic (exact) mass is 256 g/mol. The number of nitrogens with zero attached hydrogens (tertiary/aromatic N) is 3. The number of aromatic amines is 2. The predicted octanol–water partition coefficient (Wildman–Crippen LogP) is 0.293. The molecule has 1 aromatic carbocycles. The summed E-state index contributed by atoms with van der Waals surface area (Å²) < 4.78 is 0. The fraction of sp³-hybridized carbons (Fsp3) is 0. The minimum Gasteiger partial charge on any atom is -0.350 e. The maximum atomic E-state index is 11.9. The summed E-state index contributed by atoms with van der Waals surface area (Å²) in [6.07, 6.45) is 0. The minimum atomic E-state index is -0.510. The van der Waals surface area contributed by atoms with Crippen molar-refractivity contribution in [1.82, 2.24) is 25.6 Å². The van der Waals surface area contributed by atoms with Gasteiger partial charge in [0.05, 0.1) is 0 Å². The molecule has 0 fully saturated rings. The van der Waals surface area contributed by atoms with Gasteiger partial charge in [-0.25, -0.2) is 0 Å². The molecule has 94 valence electrons. The molecule has 0 aliphatic carbocycles. The van der Waals surface area contributed by atoms with Crippen molar-refractivity contribution in [2.75, 3.05) is 5.32 Å². The minimum absolute atomic E-state index is 0.0407. The first-order valence-corrected chi connectivity index (χ1v) is 5.41. The van der Waals surface area contributed by atoms with E-state index >= 15 is 0 Å². The molecule has 3 rings (SSSR count). The Morgan fingerprint density at radius 1 is 1.26 bits per heavy atom. The number of aromatic nitrogens is 5. The molecular weight excluding hydrogens is 248 g/mol. The highest BCUT2D eigenvalue weighted by Crippen LogP contribution is 2.08. The van der Waals surface area contributed by atoms with Crippen LogP contribution in [0, 0.1) is 0 Å². The Bertz CT molecular complexity index is 792. The number of carbonyl (C=O) groups is 1. The molecule has 0 saturated carbocycles. The summed E-state index contributed by atoms with van der Waals surface area (Å²) in [7, 11) is 0. The van der Waals surface area contributed by atoms with Crippen LogP contribution < -0.4 is 10.7 Å². The number of nitrogens with one attached hydrogen (secondary N) is 3. The standard InChI is InChI=1S/C11H8N6O2/c18-9-5-8(10(19)13-11-14-16-17-15-11)12-7-4-2-1-3-6(7)9/h1-5H,(H,12,18)(H2,13,14,15,16,17,19). The molecule has 2 aromatic heterocycles. The van der Waals surface area contributed by atoms with E-state index in [1.165, 1.54) is 6.07 Å². The Morgan fingerprint density at radius 2 is 2.11 bits per heavy atom. The number of benzene rings is 1. The van der Waals surface area contributed by atoms with Crippen LogP contribution in [-0.2, 0) is 0 Å². The summed E-state index contributed by atoms with van der Waals surface area (Å²) in [4.78, 5) is 26.6. The maximum Gasteiger partial charge on any atom is 0.274 e. The molecule has 0 saturated heterocycles. The van der Waals surface area contributed by atoms with Crippen LogP contribution >= 0.6 is 0 Å². The van der Waals surface area contributed by atoms with Crippen molar-refractivity contribution in [3.8, 4) is 0 Å². The van der Waals surface area contributed by atoms with Gasteiger partial charge < -0.3 is 4.98 Å². The second-order valence-electron chi connectivity index (χ2n) is 3.78. The lowest BCUT2D eigenvalue weighted by Gasteiger charge is -2.03. The van der Waals surface area contributed by atoms with Gasteiger partial charge in [0.1, 0.15) is 5.69 Å². The van der Waals surface area contributed by atoms with Gasteiger partial charge in [-0.3, -0.25) is 14.9 Å². The number of para-hydroxylation sites is 1. The third-order valence-electron chi connectivity index (χ3n) is 2.55. The first-order chi connectivity index (χ1) is 9.24. The zero-order valence-corrected chi connectivity index (χ0v) is 9.54. The fourth-order valence-electron chi connectivity index (χ4n) is 1.70. The third-order valence-corrected chi connectivity index (χ3v) is 2.55. The van der Waals surface area contributed by atoms with E-state index in [0.29, 0.717) is 10.9 Å². The molecule has 0 atom stereocenters. The van der Waals surface area contributed by atoms with E-state index in [-0.39, 0.29) is 17.1 Å². The summed E-state index contributed by atoms with van der Waals surface area (Å²) in [5.41, 5.74) is 0.495.